The van der Waals surface area contributed by atoms with E-state index in [1.54, 1.807) is 30.1 Å². The Morgan fingerprint density at radius 1 is 1.39 bits per heavy atom. The van der Waals surface area contributed by atoms with E-state index < -0.39 is 5.82 Å². The Kier molecular flexibility index (Phi) is 4.07. The predicted molar refractivity (Wildman–Crippen MR) is 83.3 cm³/mol. The SMILES string of the molecule is Cn1nc(-c2ccc(OCCCO)c(F)c2)c2cnc(N)nc21. The molecule has 8 heteroatoms. The molecule has 3 N–H and O–H groups in total. The van der Waals surface area contributed by atoms with Crippen LogP contribution in [0.5, 0.6) is 5.75 Å². The van der Waals surface area contributed by atoms with Crippen LogP contribution in [0.25, 0.3) is 22.3 Å². The van der Waals surface area contributed by atoms with Gasteiger partial charge in [0.25, 0.3) is 0 Å². The first-order valence-electron chi connectivity index (χ1n) is 7.09. The topological polar surface area (TPSA) is 99.1 Å². The number of halogens is 1. The minimum Gasteiger partial charge on any atom is -0.490 e. The number of hydrogen-bond donors (Lipinski definition) is 2. The van der Waals surface area contributed by atoms with E-state index in [-0.39, 0.29) is 24.9 Å². The smallest absolute Gasteiger partial charge is 0.222 e. The molecule has 0 aliphatic heterocycles. The van der Waals surface area contributed by atoms with Crippen molar-refractivity contribution in [3.63, 3.8) is 0 Å². The number of benzene rings is 1. The summed E-state index contributed by atoms with van der Waals surface area (Å²) in [5.74, 6) is -0.190. The van der Waals surface area contributed by atoms with E-state index in [0.717, 1.165) is 0 Å². The van der Waals surface area contributed by atoms with Gasteiger partial charge in [-0.2, -0.15) is 10.1 Å². The van der Waals surface area contributed by atoms with Crippen LogP contribution in [0.4, 0.5) is 10.3 Å². The van der Waals surface area contributed by atoms with Gasteiger partial charge in [0.1, 0.15) is 5.69 Å². The van der Waals surface area contributed by atoms with Gasteiger partial charge in [0, 0.05) is 31.8 Å². The predicted octanol–water partition coefficient (Wildman–Crippen LogP) is 1.51. The monoisotopic (exact) mass is 317 g/mol. The molecule has 0 saturated carbocycles. The highest BCUT2D eigenvalue weighted by molar-refractivity contribution is 5.91. The first kappa shape index (κ1) is 15.2. The molecule has 2 aromatic heterocycles. The van der Waals surface area contributed by atoms with Gasteiger partial charge >= 0.3 is 0 Å². The van der Waals surface area contributed by atoms with Gasteiger partial charge in [-0.1, -0.05) is 0 Å². The van der Waals surface area contributed by atoms with Crippen LogP contribution in [0.15, 0.2) is 24.4 Å². The molecule has 0 fully saturated rings. The number of anilines is 1. The number of aromatic nitrogens is 4. The summed E-state index contributed by atoms with van der Waals surface area (Å²) in [6.45, 7) is 0.259. The van der Waals surface area contributed by atoms with E-state index in [1.165, 1.54) is 6.07 Å². The standard InChI is InChI=1S/C15H16FN5O2/c1-21-14-10(8-18-15(17)19-14)13(20-21)9-3-4-12(11(16)7-9)23-6-2-5-22/h3-4,7-8,22H,2,5-6H2,1H3,(H2,17,18,19). The van der Waals surface area contributed by atoms with Crippen LogP contribution >= 0.6 is 0 Å². The molecule has 0 unspecified atom stereocenters. The minimum absolute atomic E-state index is 0.00274. The molecule has 3 aromatic rings. The first-order valence-corrected chi connectivity index (χ1v) is 7.09. The zero-order chi connectivity index (χ0) is 16.4. The lowest BCUT2D eigenvalue weighted by Crippen LogP contribution is -2.01. The van der Waals surface area contributed by atoms with Crippen LogP contribution in [0.1, 0.15) is 6.42 Å². The second-order valence-electron chi connectivity index (χ2n) is 5.01. The van der Waals surface area contributed by atoms with Crippen LogP contribution in [0, 0.1) is 5.82 Å². The van der Waals surface area contributed by atoms with Crippen molar-refractivity contribution in [1.82, 2.24) is 19.7 Å². The Labute approximate surface area is 131 Å². The summed E-state index contributed by atoms with van der Waals surface area (Å²) in [7, 11) is 1.74. The summed E-state index contributed by atoms with van der Waals surface area (Å²) in [6, 6.07) is 4.61. The number of nitrogens with zero attached hydrogens (tertiary/aromatic N) is 4. The molecule has 120 valence electrons. The van der Waals surface area contributed by atoms with Gasteiger partial charge in [-0.25, -0.2) is 14.1 Å². The van der Waals surface area contributed by atoms with Crippen molar-refractivity contribution in [3.05, 3.63) is 30.2 Å². The molecule has 7 nitrogen and oxygen atoms in total. The summed E-state index contributed by atoms with van der Waals surface area (Å²) >= 11 is 0. The van der Waals surface area contributed by atoms with Crippen molar-refractivity contribution in [2.45, 2.75) is 6.42 Å². The molecule has 0 amide bonds. The van der Waals surface area contributed by atoms with Crippen LogP contribution < -0.4 is 10.5 Å². The van der Waals surface area contributed by atoms with E-state index in [2.05, 4.69) is 15.1 Å². The van der Waals surface area contributed by atoms with Crippen molar-refractivity contribution in [3.8, 4) is 17.0 Å². The Morgan fingerprint density at radius 2 is 2.22 bits per heavy atom. The van der Waals surface area contributed by atoms with Crippen LogP contribution in [0.2, 0.25) is 0 Å². The number of aliphatic hydroxyl groups is 1. The number of fused-ring (bicyclic) bond motifs is 1. The van der Waals surface area contributed by atoms with Crippen molar-refractivity contribution in [1.29, 1.82) is 0 Å². The highest BCUT2D eigenvalue weighted by Gasteiger charge is 2.15. The van der Waals surface area contributed by atoms with E-state index in [9.17, 15) is 4.39 Å². The fraction of sp³-hybridized carbons (Fsp3) is 0.267. The summed E-state index contributed by atoms with van der Waals surface area (Å²) < 4.78 is 21.0. The molecule has 0 atom stereocenters. The van der Waals surface area contributed by atoms with Crippen molar-refractivity contribution in [2.75, 3.05) is 18.9 Å². The summed E-state index contributed by atoms with van der Waals surface area (Å²) in [6.07, 6.45) is 2.02. The molecule has 3 rings (SSSR count). The number of nitrogen functional groups attached to an aromatic ring is 1. The van der Waals surface area contributed by atoms with E-state index in [4.69, 9.17) is 15.6 Å². The summed E-state index contributed by atoms with van der Waals surface area (Å²) in [5, 5.41) is 13.8. The minimum atomic E-state index is -0.490. The van der Waals surface area contributed by atoms with Gasteiger partial charge in [-0.15, -0.1) is 0 Å². The number of aryl methyl sites for hydroxylation is 1. The third kappa shape index (κ3) is 2.93. The maximum Gasteiger partial charge on any atom is 0.222 e. The molecule has 1 aromatic carbocycles. The molecular formula is C15H16FN5O2. The zero-order valence-corrected chi connectivity index (χ0v) is 12.5. The average Bonchev–Trinajstić information content (AvgIpc) is 2.86. The molecule has 0 aliphatic carbocycles. The van der Waals surface area contributed by atoms with Gasteiger partial charge < -0.3 is 15.6 Å². The van der Waals surface area contributed by atoms with Crippen LogP contribution in [0.3, 0.4) is 0 Å². The highest BCUT2D eigenvalue weighted by Crippen LogP contribution is 2.29. The zero-order valence-electron chi connectivity index (χ0n) is 12.5. The van der Waals surface area contributed by atoms with Crippen LogP contribution in [-0.4, -0.2) is 38.1 Å². The van der Waals surface area contributed by atoms with Gasteiger partial charge in [-0.05, 0) is 18.2 Å². The Balaban J connectivity index is 1.98. The molecule has 23 heavy (non-hydrogen) atoms. The Bertz CT molecular complexity index is 849. The summed E-state index contributed by atoms with van der Waals surface area (Å²) in [4.78, 5) is 8.10. The number of nitrogens with two attached hydrogens (primary N) is 1. The molecule has 2 heterocycles. The third-order valence-corrected chi connectivity index (χ3v) is 3.36. The largest absolute Gasteiger partial charge is 0.490 e. The van der Waals surface area contributed by atoms with Crippen molar-refractivity contribution >= 4 is 17.0 Å². The van der Waals surface area contributed by atoms with Gasteiger partial charge in [0.2, 0.25) is 5.95 Å². The van der Waals surface area contributed by atoms with E-state index in [0.29, 0.717) is 28.7 Å². The van der Waals surface area contributed by atoms with E-state index in [1.807, 2.05) is 0 Å². The number of aliphatic hydroxyl groups excluding tert-OH is 1. The average molecular weight is 317 g/mol. The third-order valence-electron chi connectivity index (χ3n) is 3.36. The number of hydrogen-bond acceptors (Lipinski definition) is 6. The fourth-order valence-electron chi connectivity index (χ4n) is 2.28. The van der Waals surface area contributed by atoms with Gasteiger partial charge in [0.05, 0.1) is 12.0 Å². The first-order chi connectivity index (χ1) is 11.1. The molecule has 0 saturated heterocycles. The number of rotatable bonds is 5. The van der Waals surface area contributed by atoms with Crippen LogP contribution in [-0.2, 0) is 7.05 Å². The highest BCUT2D eigenvalue weighted by atomic mass is 19.1. The summed E-state index contributed by atoms with van der Waals surface area (Å²) in [5.41, 5.74) is 7.33. The quantitative estimate of drug-likeness (QED) is 0.692. The maximum absolute atomic E-state index is 14.2. The number of ether oxygens (including phenoxy) is 1. The second-order valence-corrected chi connectivity index (χ2v) is 5.01. The van der Waals surface area contributed by atoms with Gasteiger partial charge in [0.15, 0.2) is 17.2 Å². The molecule has 0 aliphatic rings. The molecule has 0 radical (unpaired) electrons. The molecule has 0 spiro atoms. The van der Waals surface area contributed by atoms with E-state index >= 15 is 0 Å². The maximum atomic E-state index is 14.2. The Hall–Kier alpha value is -2.74. The van der Waals surface area contributed by atoms with Crippen molar-refractivity contribution in [2.24, 2.45) is 7.05 Å². The second kappa shape index (κ2) is 6.17. The molecular weight excluding hydrogens is 301 g/mol. The Morgan fingerprint density at radius 3 is 2.96 bits per heavy atom. The van der Waals surface area contributed by atoms with Crippen molar-refractivity contribution < 1.29 is 14.2 Å². The van der Waals surface area contributed by atoms with Gasteiger partial charge in [-0.3, -0.25) is 0 Å². The fourth-order valence-corrected chi connectivity index (χ4v) is 2.28. The normalized spacial score (nSPS) is 11.1. The lowest BCUT2D eigenvalue weighted by atomic mass is 10.1. The lowest BCUT2D eigenvalue weighted by molar-refractivity contribution is 0.228. The lowest BCUT2D eigenvalue weighted by Gasteiger charge is -2.07. The molecule has 0 bridgehead atoms.